The van der Waals surface area contributed by atoms with Crippen LogP contribution in [0.4, 0.5) is 0 Å². The minimum atomic E-state index is 0.959. The summed E-state index contributed by atoms with van der Waals surface area (Å²) in [5.41, 5.74) is 1.49. The molecule has 0 aromatic heterocycles. The molecule has 1 atom stereocenters. The summed E-state index contributed by atoms with van der Waals surface area (Å²) in [5.74, 6) is 0.959. The smallest absolute Gasteiger partial charge is 0.00200 e. The predicted octanol–water partition coefficient (Wildman–Crippen LogP) is 3.01. The Labute approximate surface area is 92.9 Å². The second-order valence-electron chi connectivity index (χ2n) is 4.59. The van der Waals surface area contributed by atoms with Gasteiger partial charge in [-0.3, -0.25) is 0 Å². The number of hydrogen-bond acceptors (Lipinski definition) is 1. The van der Waals surface area contributed by atoms with E-state index in [-0.39, 0.29) is 0 Å². The molecule has 0 radical (unpaired) electrons. The largest absolute Gasteiger partial charge is 0.316 e. The van der Waals surface area contributed by atoms with Gasteiger partial charge in [0.2, 0.25) is 0 Å². The van der Waals surface area contributed by atoms with Gasteiger partial charge in [0.1, 0.15) is 0 Å². The van der Waals surface area contributed by atoms with Crippen LogP contribution in [0.5, 0.6) is 0 Å². The zero-order valence-corrected chi connectivity index (χ0v) is 9.41. The van der Waals surface area contributed by atoms with Crippen LogP contribution in [0.1, 0.15) is 31.2 Å². The van der Waals surface area contributed by atoms with E-state index in [1.165, 1.54) is 50.8 Å². The Kier molecular flexibility index (Phi) is 4.22. The summed E-state index contributed by atoms with van der Waals surface area (Å²) in [4.78, 5) is 0. The normalized spacial score (nSPS) is 20.7. The molecule has 0 aliphatic carbocycles. The fourth-order valence-corrected chi connectivity index (χ4v) is 2.37. The maximum atomic E-state index is 3.43. The quantitative estimate of drug-likeness (QED) is 0.725. The Bertz CT molecular complexity index is 262. The van der Waals surface area contributed by atoms with Gasteiger partial charge in [-0.25, -0.2) is 0 Å². The molecule has 0 bridgehead atoms. The Morgan fingerprint density at radius 1 is 1.13 bits per heavy atom. The van der Waals surface area contributed by atoms with Crippen molar-refractivity contribution in [1.82, 2.24) is 5.32 Å². The van der Waals surface area contributed by atoms with Crippen LogP contribution in [0, 0.1) is 5.92 Å². The van der Waals surface area contributed by atoms with Crippen molar-refractivity contribution in [3.63, 3.8) is 0 Å². The molecule has 1 unspecified atom stereocenters. The van der Waals surface area contributed by atoms with Crippen LogP contribution in [-0.2, 0) is 6.42 Å². The first-order valence-corrected chi connectivity index (χ1v) is 6.20. The first-order valence-electron chi connectivity index (χ1n) is 6.20. The fourth-order valence-electron chi connectivity index (χ4n) is 2.37. The summed E-state index contributed by atoms with van der Waals surface area (Å²) < 4.78 is 0. The Morgan fingerprint density at radius 2 is 2.00 bits per heavy atom. The molecular weight excluding hydrogens is 182 g/mol. The Morgan fingerprint density at radius 3 is 2.73 bits per heavy atom. The first-order chi connectivity index (χ1) is 7.45. The fraction of sp³-hybridized carbons (Fsp3) is 0.571. The third-order valence-electron chi connectivity index (χ3n) is 3.33. The molecular formula is C14H21N. The molecule has 1 saturated heterocycles. The molecule has 1 aromatic rings. The summed E-state index contributed by atoms with van der Waals surface area (Å²) in [7, 11) is 0. The Hall–Kier alpha value is -0.820. The lowest BCUT2D eigenvalue weighted by Gasteiger charge is -2.07. The molecule has 0 saturated carbocycles. The van der Waals surface area contributed by atoms with Crippen molar-refractivity contribution in [3.8, 4) is 0 Å². The number of unbranched alkanes of at least 4 members (excludes halogenated alkanes) is 1. The lowest BCUT2D eigenvalue weighted by molar-refractivity contribution is 0.497. The van der Waals surface area contributed by atoms with Crippen LogP contribution in [0.3, 0.4) is 0 Å². The average molecular weight is 203 g/mol. The second-order valence-corrected chi connectivity index (χ2v) is 4.59. The van der Waals surface area contributed by atoms with Gasteiger partial charge in [0.05, 0.1) is 0 Å². The molecule has 1 heterocycles. The third-order valence-corrected chi connectivity index (χ3v) is 3.33. The molecule has 2 rings (SSSR count). The van der Waals surface area contributed by atoms with Crippen LogP contribution in [0.15, 0.2) is 30.3 Å². The number of nitrogens with one attached hydrogen (secondary N) is 1. The summed E-state index contributed by atoms with van der Waals surface area (Å²) in [6.45, 7) is 2.49. The minimum Gasteiger partial charge on any atom is -0.316 e. The van der Waals surface area contributed by atoms with Crippen molar-refractivity contribution in [2.75, 3.05) is 13.1 Å². The topological polar surface area (TPSA) is 12.0 Å². The Balaban J connectivity index is 1.59. The number of rotatable bonds is 5. The van der Waals surface area contributed by atoms with Crippen LogP contribution < -0.4 is 5.32 Å². The van der Waals surface area contributed by atoms with Crippen LogP contribution in [-0.4, -0.2) is 13.1 Å². The van der Waals surface area contributed by atoms with E-state index < -0.39 is 0 Å². The standard InChI is InChI=1S/C14H21N/c1-2-6-13(7-3-1)8-4-5-9-14-10-11-15-12-14/h1-3,6-7,14-15H,4-5,8-12H2. The molecule has 1 fully saturated rings. The van der Waals surface area contributed by atoms with E-state index in [0.29, 0.717) is 0 Å². The highest BCUT2D eigenvalue weighted by atomic mass is 14.9. The highest BCUT2D eigenvalue weighted by Gasteiger charge is 2.12. The number of aryl methyl sites for hydroxylation is 1. The molecule has 1 aromatic carbocycles. The van der Waals surface area contributed by atoms with E-state index in [1.54, 1.807) is 0 Å². The molecule has 1 nitrogen and oxygen atoms in total. The van der Waals surface area contributed by atoms with Crippen LogP contribution >= 0.6 is 0 Å². The lowest BCUT2D eigenvalue weighted by atomic mass is 9.99. The van der Waals surface area contributed by atoms with Crippen LogP contribution in [0.25, 0.3) is 0 Å². The SMILES string of the molecule is c1ccc(CCCCC2CCNC2)cc1. The van der Waals surface area contributed by atoms with E-state index in [0.717, 1.165) is 5.92 Å². The van der Waals surface area contributed by atoms with Gasteiger partial charge in [-0.1, -0.05) is 36.8 Å². The van der Waals surface area contributed by atoms with Gasteiger partial charge < -0.3 is 5.32 Å². The summed E-state index contributed by atoms with van der Waals surface area (Å²) >= 11 is 0. The van der Waals surface area contributed by atoms with E-state index in [1.807, 2.05) is 0 Å². The van der Waals surface area contributed by atoms with Crippen molar-refractivity contribution >= 4 is 0 Å². The van der Waals surface area contributed by atoms with Gasteiger partial charge in [-0.05, 0) is 50.3 Å². The van der Waals surface area contributed by atoms with Gasteiger partial charge in [0.25, 0.3) is 0 Å². The van der Waals surface area contributed by atoms with Gasteiger partial charge in [-0.15, -0.1) is 0 Å². The molecule has 1 heteroatoms. The van der Waals surface area contributed by atoms with Gasteiger partial charge in [0.15, 0.2) is 0 Å². The van der Waals surface area contributed by atoms with Crippen molar-refractivity contribution in [1.29, 1.82) is 0 Å². The van der Waals surface area contributed by atoms with E-state index >= 15 is 0 Å². The zero-order valence-electron chi connectivity index (χ0n) is 9.41. The zero-order chi connectivity index (χ0) is 10.3. The van der Waals surface area contributed by atoms with E-state index in [2.05, 4.69) is 35.6 Å². The molecule has 0 amide bonds. The maximum absolute atomic E-state index is 3.43. The molecule has 82 valence electrons. The first kappa shape index (κ1) is 10.7. The molecule has 1 aliphatic rings. The predicted molar refractivity (Wildman–Crippen MR) is 65.0 cm³/mol. The highest BCUT2D eigenvalue weighted by Crippen LogP contribution is 2.16. The van der Waals surface area contributed by atoms with E-state index in [9.17, 15) is 0 Å². The van der Waals surface area contributed by atoms with Crippen LogP contribution in [0.2, 0.25) is 0 Å². The summed E-state index contributed by atoms with van der Waals surface area (Å²) in [6.07, 6.45) is 6.80. The summed E-state index contributed by atoms with van der Waals surface area (Å²) in [5, 5.41) is 3.43. The minimum absolute atomic E-state index is 0.959. The summed E-state index contributed by atoms with van der Waals surface area (Å²) in [6, 6.07) is 10.8. The van der Waals surface area contributed by atoms with Gasteiger partial charge in [-0.2, -0.15) is 0 Å². The van der Waals surface area contributed by atoms with Crippen molar-refractivity contribution in [2.45, 2.75) is 32.1 Å². The molecule has 0 spiro atoms. The second kappa shape index (κ2) is 5.92. The van der Waals surface area contributed by atoms with Gasteiger partial charge >= 0.3 is 0 Å². The number of benzene rings is 1. The highest BCUT2D eigenvalue weighted by molar-refractivity contribution is 5.14. The lowest BCUT2D eigenvalue weighted by Crippen LogP contribution is -2.08. The maximum Gasteiger partial charge on any atom is -0.00200 e. The van der Waals surface area contributed by atoms with Crippen molar-refractivity contribution in [3.05, 3.63) is 35.9 Å². The van der Waals surface area contributed by atoms with Crippen molar-refractivity contribution in [2.24, 2.45) is 5.92 Å². The molecule has 15 heavy (non-hydrogen) atoms. The van der Waals surface area contributed by atoms with Crippen molar-refractivity contribution < 1.29 is 0 Å². The monoisotopic (exact) mass is 203 g/mol. The molecule has 1 aliphatic heterocycles. The third kappa shape index (κ3) is 3.67. The molecule has 1 N–H and O–H groups in total. The average Bonchev–Trinajstić information content (AvgIpc) is 2.79. The van der Waals surface area contributed by atoms with E-state index in [4.69, 9.17) is 0 Å². The van der Waals surface area contributed by atoms with Gasteiger partial charge in [0, 0.05) is 0 Å². The number of hydrogen-bond donors (Lipinski definition) is 1.